The largest absolute Gasteiger partial charge is 0.290 e. The van der Waals surface area contributed by atoms with E-state index in [4.69, 9.17) is 4.63 Å². The van der Waals surface area contributed by atoms with Gasteiger partial charge in [0.25, 0.3) is 0 Å². The second kappa shape index (κ2) is 5.71. The van der Waals surface area contributed by atoms with Gasteiger partial charge < -0.3 is 0 Å². The molecule has 2 aromatic rings. The van der Waals surface area contributed by atoms with Crippen molar-refractivity contribution in [3.8, 4) is 0 Å². The first-order valence-electron chi connectivity index (χ1n) is 7.01. The van der Waals surface area contributed by atoms with Gasteiger partial charge in [-0.1, -0.05) is 28.9 Å². The molecule has 0 amide bonds. The first kappa shape index (κ1) is 13.2. The molecule has 0 N–H and O–H groups in total. The zero-order chi connectivity index (χ0) is 13.9. The van der Waals surface area contributed by atoms with Gasteiger partial charge in [-0.3, -0.25) is 4.90 Å². The second-order valence-corrected chi connectivity index (χ2v) is 5.33. The van der Waals surface area contributed by atoms with Crippen molar-refractivity contribution in [2.75, 3.05) is 6.54 Å². The Labute approximate surface area is 117 Å². The molecule has 4 nitrogen and oxygen atoms in total. The van der Waals surface area contributed by atoms with Crippen LogP contribution in [-0.2, 0) is 6.54 Å². The molecule has 0 spiro atoms. The van der Waals surface area contributed by atoms with E-state index in [1.165, 1.54) is 30.5 Å². The van der Waals surface area contributed by atoms with Gasteiger partial charge in [-0.15, -0.1) is 0 Å². The summed E-state index contributed by atoms with van der Waals surface area (Å²) in [6.45, 7) is 3.66. The lowest BCUT2D eigenvalue weighted by atomic mass is 9.95. The van der Waals surface area contributed by atoms with Gasteiger partial charge in [0.2, 0.25) is 0 Å². The summed E-state index contributed by atoms with van der Waals surface area (Å²) < 4.78 is 17.8. The van der Waals surface area contributed by atoms with Crippen LogP contribution in [0.4, 0.5) is 4.39 Å². The highest BCUT2D eigenvalue weighted by Gasteiger charge is 2.25. The highest BCUT2D eigenvalue weighted by atomic mass is 19.1. The van der Waals surface area contributed by atoms with E-state index in [-0.39, 0.29) is 5.82 Å². The van der Waals surface area contributed by atoms with Crippen LogP contribution in [0, 0.1) is 12.7 Å². The molecule has 0 saturated carbocycles. The quantitative estimate of drug-likeness (QED) is 0.862. The number of likely N-dealkylation sites (tertiary alicyclic amines) is 1. The number of halogens is 1. The van der Waals surface area contributed by atoms with E-state index in [2.05, 4.69) is 15.2 Å². The highest BCUT2D eigenvalue weighted by molar-refractivity contribution is 5.21. The first-order chi connectivity index (χ1) is 9.74. The molecule has 0 aliphatic carbocycles. The SMILES string of the molecule is Cc1nonc1CN1CCCCC1c1ccc(F)cc1. The number of aryl methyl sites for hydroxylation is 1. The smallest absolute Gasteiger partial charge is 0.123 e. The van der Waals surface area contributed by atoms with Crippen molar-refractivity contribution in [2.45, 2.75) is 38.8 Å². The molecular formula is C15H18FN3O. The molecule has 2 heterocycles. The van der Waals surface area contributed by atoms with Crippen LogP contribution in [0.5, 0.6) is 0 Å². The Balaban J connectivity index is 1.80. The maximum atomic E-state index is 13.1. The van der Waals surface area contributed by atoms with Crippen LogP contribution in [0.3, 0.4) is 0 Å². The van der Waals surface area contributed by atoms with E-state index in [1.807, 2.05) is 19.1 Å². The number of nitrogens with zero attached hydrogens (tertiary/aromatic N) is 3. The zero-order valence-electron chi connectivity index (χ0n) is 11.6. The van der Waals surface area contributed by atoms with E-state index in [9.17, 15) is 4.39 Å². The molecule has 20 heavy (non-hydrogen) atoms. The van der Waals surface area contributed by atoms with Crippen molar-refractivity contribution in [1.29, 1.82) is 0 Å². The predicted molar refractivity (Wildman–Crippen MR) is 72.4 cm³/mol. The van der Waals surface area contributed by atoms with Crippen LogP contribution in [0.25, 0.3) is 0 Å². The minimum atomic E-state index is -0.187. The van der Waals surface area contributed by atoms with Crippen LogP contribution in [-0.4, -0.2) is 21.8 Å². The van der Waals surface area contributed by atoms with Gasteiger partial charge in [0.05, 0.1) is 0 Å². The maximum absolute atomic E-state index is 13.1. The number of benzene rings is 1. The number of piperidine rings is 1. The topological polar surface area (TPSA) is 42.2 Å². The minimum Gasteiger partial charge on any atom is -0.290 e. The molecule has 1 unspecified atom stereocenters. The summed E-state index contributed by atoms with van der Waals surface area (Å²) in [5, 5.41) is 7.79. The normalized spacial score (nSPS) is 20.2. The minimum absolute atomic E-state index is 0.187. The van der Waals surface area contributed by atoms with Crippen LogP contribution < -0.4 is 0 Å². The molecule has 0 bridgehead atoms. The number of hydrogen-bond acceptors (Lipinski definition) is 4. The third-order valence-electron chi connectivity index (χ3n) is 3.97. The summed E-state index contributed by atoms with van der Waals surface area (Å²) in [4.78, 5) is 2.38. The standard InChI is InChI=1S/C15H18FN3O/c1-11-14(18-20-17-11)10-19-9-3-2-4-15(19)12-5-7-13(16)8-6-12/h5-8,15H,2-4,9-10H2,1H3. The molecule has 1 atom stereocenters. The lowest BCUT2D eigenvalue weighted by Gasteiger charge is -2.35. The Morgan fingerprint density at radius 2 is 2.05 bits per heavy atom. The number of hydrogen-bond donors (Lipinski definition) is 0. The fourth-order valence-corrected chi connectivity index (χ4v) is 2.83. The van der Waals surface area contributed by atoms with Crippen molar-refractivity contribution in [2.24, 2.45) is 0 Å². The molecule has 1 saturated heterocycles. The van der Waals surface area contributed by atoms with E-state index in [0.29, 0.717) is 6.04 Å². The third-order valence-corrected chi connectivity index (χ3v) is 3.97. The summed E-state index contributed by atoms with van der Waals surface area (Å²) in [6, 6.07) is 7.15. The summed E-state index contributed by atoms with van der Waals surface area (Å²) >= 11 is 0. The third kappa shape index (κ3) is 2.72. The molecule has 5 heteroatoms. The summed E-state index contributed by atoms with van der Waals surface area (Å²) in [5.41, 5.74) is 2.90. The number of aromatic nitrogens is 2. The van der Waals surface area contributed by atoms with Crippen molar-refractivity contribution >= 4 is 0 Å². The van der Waals surface area contributed by atoms with Gasteiger partial charge in [0, 0.05) is 12.6 Å². The van der Waals surface area contributed by atoms with E-state index in [1.54, 1.807) is 0 Å². The molecule has 1 aliphatic heterocycles. The Morgan fingerprint density at radius 1 is 1.25 bits per heavy atom. The molecule has 1 aromatic heterocycles. The molecular weight excluding hydrogens is 257 g/mol. The van der Waals surface area contributed by atoms with Gasteiger partial charge in [-0.2, -0.15) is 0 Å². The van der Waals surface area contributed by atoms with Crippen LogP contribution in [0.2, 0.25) is 0 Å². The monoisotopic (exact) mass is 275 g/mol. The zero-order valence-corrected chi connectivity index (χ0v) is 11.6. The molecule has 106 valence electrons. The Hall–Kier alpha value is -1.75. The lowest BCUT2D eigenvalue weighted by Crippen LogP contribution is -2.33. The average Bonchev–Trinajstić information content (AvgIpc) is 2.86. The van der Waals surface area contributed by atoms with Crippen molar-refractivity contribution in [1.82, 2.24) is 15.2 Å². The van der Waals surface area contributed by atoms with E-state index >= 15 is 0 Å². The Kier molecular flexibility index (Phi) is 3.78. The molecule has 1 fully saturated rings. The van der Waals surface area contributed by atoms with Gasteiger partial charge in [0.15, 0.2) is 0 Å². The lowest BCUT2D eigenvalue weighted by molar-refractivity contribution is 0.136. The fraction of sp³-hybridized carbons (Fsp3) is 0.467. The molecule has 1 aromatic carbocycles. The first-order valence-corrected chi connectivity index (χ1v) is 7.01. The number of rotatable bonds is 3. The summed E-state index contributed by atoms with van der Waals surface area (Å²) in [7, 11) is 0. The van der Waals surface area contributed by atoms with E-state index in [0.717, 1.165) is 30.9 Å². The highest BCUT2D eigenvalue weighted by Crippen LogP contribution is 2.32. The van der Waals surface area contributed by atoms with E-state index < -0.39 is 0 Å². The Bertz CT molecular complexity index is 567. The maximum Gasteiger partial charge on any atom is 0.123 e. The van der Waals surface area contributed by atoms with Crippen molar-refractivity contribution in [3.05, 3.63) is 47.0 Å². The van der Waals surface area contributed by atoms with Crippen LogP contribution in [0.15, 0.2) is 28.9 Å². The van der Waals surface area contributed by atoms with Crippen molar-refractivity contribution in [3.63, 3.8) is 0 Å². The summed E-state index contributed by atoms with van der Waals surface area (Å²) in [5.74, 6) is -0.187. The average molecular weight is 275 g/mol. The van der Waals surface area contributed by atoms with Crippen molar-refractivity contribution < 1.29 is 9.02 Å². The van der Waals surface area contributed by atoms with Crippen LogP contribution >= 0.6 is 0 Å². The summed E-state index contributed by atoms with van der Waals surface area (Å²) in [6.07, 6.45) is 3.48. The van der Waals surface area contributed by atoms with Gasteiger partial charge in [-0.25, -0.2) is 9.02 Å². The molecule has 0 radical (unpaired) electrons. The second-order valence-electron chi connectivity index (χ2n) is 5.33. The van der Waals surface area contributed by atoms with Gasteiger partial charge >= 0.3 is 0 Å². The van der Waals surface area contributed by atoms with Gasteiger partial charge in [-0.05, 0) is 44.0 Å². The van der Waals surface area contributed by atoms with Crippen LogP contribution in [0.1, 0.15) is 42.3 Å². The predicted octanol–water partition coefficient (Wildman–Crippen LogP) is 3.24. The van der Waals surface area contributed by atoms with Gasteiger partial charge in [0.1, 0.15) is 17.2 Å². The Morgan fingerprint density at radius 3 is 2.75 bits per heavy atom. The molecule has 3 rings (SSSR count). The molecule has 1 aliphatic rings. The fourth-order valence-electron chi connectivity index (χ4n) is 2.83.